The maximum atomic E-state index is 13.4. The van der Waals surface area contributed by atoms with Crippen LogP contribution >= 0.6 is 23.2 Å². The molecule has 0 fully saturated rings. The Morgan fingerprint density at radius 1 is 1.32 bits per heavy atom. The van der Waals surface area contributed by atoms with E-state index in [-0.39, 0.29) is 32.9 Å². The number of benzene rings is 1. The molecule has 0 aliphatic carbocycles. The van der Waals surface area contributed by atoms with Crippen LogP contribution in [-0.2, 0) is 0 Å². The summed E-state index contributed by atoms with van der Waals surface area (Å²) in [6.07, 6.45) is 0. The monoisotopic (exact) mass is 296 g/mol. The zero-order valence-electron chi connectivity index (χ0n) is 9.42. The van der Waals surface area contributed by atoms with Crippen LogP contribution < -0.4 is 11.1 Å². The first kappa shape index (κ1) is 13.4. The number of nitriles is 1. The van der Waals surface area contributed by atoms with Crippen molar-refractivity contribution in [2.24, 2.45) is 0 Å². The highest BCUT2D eigenvalue weighted by molar-refractivity contribution is 6.37. The van der Waals surface area contributed by atoms with Crippen molar-refractivity contribution in [2.45, 2.75) is 0 Å². The van der Waals surface area contributed by atoms with Gasteiger partial charge in [0.15, 0.2) is 5.82 Å². The minimum Gasteiger partial charge on any atom is -0.382 e. The van der Waals surface area contributed by atoms with Crippen LogP contribution in [0.1, 0.15) is 5.56 Å². The second-order valence-corrected chi connectivity index (χ2v) is 4.40. The number of nitrogens with one attached hydrogen (secondary N) is 1. The van der Waals surface area contributed by atoms with Crippen molar-refractivity contribution in [3.63, 3.8) is 0 Å². The van der Waals surface area contributed by atoms with Crippen LogP contribution in [0.3, 0.4) is 0 Å². The third-order valence-corrected chi connectivity index (χ3v) is 2.93. The van der Waals surface area contributed by atoms with E-state index in [1.54, 1.807) is 6.07 Å². The molecule has 19 heavy (non-hydrogen) atoms. The molecule has 0 unspecified atom stereocenters. The lowest BCUT2D eigenvalue weighted by Gasteiger charge is -2.10. The van der Waals surface area contributed by atoms with Crippen LogP contribution in [0, 0.1) is 17.1 Å². The Balaban J connectivity index is 2.45. The first-order valence-electron chi connectivity index (χ1n) is 5.10. The molecule has 0 aliphatic heterocycles. The summed E-state index contributed by atoms with van der Waals surface area (Å²) in [4.78, 5) is 3.94. The van der Waals surface area contributed by atoms with E-state index in [0.29, 0.717) is 0 Å². The normalized spacial score (nSPS) is 10.0. The molecular weight excluding hydrogens is 290 g/mol. The van der Waals surface area contributed by atoms with Gasteiger partial charge in [-0.05, 0) is 18.2 Å². The van der Waals surface area contributed by atoms with Gasteiger partial charge >= 0.3 is 0 Å². The van der Waals surface area contributed by atoms with E-state index in [9.17, 15) is 4.39 Å². The fourth-order valence-electron chi connectivity index (χ4n) is 1.44. The fraction of sp³-hybridized carbons (Fsp3) is 0. The molecule has 4 nitrogen and oxygen atoms in total. The van der Waals surface area contributed by atoms with Crippen molar-refractivity contribution >= 4 is 40.5 Å². The van der Waals surface area contributed by atoms with Gasteiger partial charge in [0.05, 0.1) is 15.7 Å². The molecular formula is C12H7Cl2FN4. The van der Waals surface area contributed by atoms with Gasteiger partial charge in [0, 0.05) is 0 Å². The average Bonchev–Trinajstić information content (AvgIpc) is 2.36. The number of rotatable bonds is 2. The topological polar surface area (TPSA) is 74.7 Å². The molecule has 1 aromatic carbocycles. The summed E-state index contributed by atoms with van der Waals surface area (Å²) < 4.78 is 13.4. The third-order valence-electron chi connectivity index (χ3n) is 2.34. The molecule has 0 bridgehead atoms. The first-order chi connectivity index (χ1) is 9.02. The molecule has 1 aromatic heterocycles. The zero-order valence-corrected chi connectivity index (χ0v) is 10.9. The van der Waals surface area contributed by atoms with E-state index in [0.717, 1.165) is 0 Å². The molecule has 7 heteroatoms. The lowest BCUT2D eigenvalue weighted by Crippen LogP contribution is -2.01. The summed E-state index contributed by atoms with van der Waals surface area (Å²) in [5, 5.41) is 12.1. The van der Waals surface area contributed by atoms with Crippen molar-refractivity contribution in [3.05, 3.63) is 45.7 Å². The van der Waals surface area contributed by atoms with Gasteiger partial charge in [0.2, 0.25) is 0 Å². The highest BCUT2D eigenvalue weighted by Crippen LogP contribution is 2.30. The molecule has 2 rings (SSSR count). The average molecular weight is 297 g/mol. The van der Waals surface area contributed by atoms with Crippen molar-refractivity contribution < 1.29 is 4.39 Å². The first-order valence-corrected chi connectivity index (χ1v) is 5.85. The Kier molecular flexibility index (Phi) is 3.74. The van der Waals surface area contributed by atoms with Gasteiger partial charge in [-0.3, -0.25) is 0 Å². The number of pyridine rings is 1. The summed E-state index contributed by atoms with van der Waals surface area (Å²) in [5.41, 5.74) is 5.68. The molecule has 0 aliphatic rings. The Hall–Kier alpha value is -2.03. The number of hydrogen-bond acceptors (Lipinski definition) is 4. The van der Waals surface area contributed by atoms with E-state index >= 15 is 0 Å². The van der Waals surface area contributed by atoms with Crippen LogP contribution in [0.2, 0.25) is 10.0 Å². The van der Waals surface area contributed by atoms with Crippen molar-refractivity contribution in [3.8, 4) is 6.07 Å². The van der Waals surface area contributed by atoms with Gasteiger partial charge in [-0.1, -0.05) is 29.3 Å². The number of hydrogen-bond donors (Lipinski definition) is 2. The molecule has 96 valence electrons. The van der Waals surface area contributed by atoms with Gasteiger partial charge < -0.3 is 11.1 Å². The molecule has 0 radical (unpaired) electrons. The van der Waals surface area contributed by atoms with Crippen LogP contribution in [0.25, 0.3) is 0 Å². The number of nitrogens with zero attached hydrogens (tertiary/aromatic N) is 2. The van der Waals surface area contributed by atoms with Gasteiger partial charge in [0.25, 0.3) is 0 Å². The van der Waals surface area contributed by atoms with Gasteiger partial charge in [-0.2, -0.15) is 5.26 Å². The second-order valence-electron chi connectivity index (χ2n) is 3.59. The maximum Gasteiger partial charge on any atom is 0.151 e. The van der Waals surface area contributed by atoms with Gasteiger partial charge in [-0.15, -0.1) is 0 Å². The summed E-state index contributed by atoms with van der Waals surface area (Å²) in [6, 6.07) is 7.37. The van der Waals surface area contributed by atoms with E-state index < -0.39 is 5.82 Å². The predicted molar refractivity (Wildman–Crippen MR) is 73.1 cm³/mol. The van der Waals surface area contributed by atoms with Crippen molar-refractivity contribution in [1.82, 2.24) is 4.98 Å². The fourth-order valence-corrected chi connectivity index (χ4v) is 1.84. The summed E-state index contributed by atoms with van der Waals surface area (Å²) in [5.74, 6) is -0.347. The molecule has 0 saturated carbocycles. The highest BCUT2D eigenvalue weighted by Gasteiger charge is 2.12. The molecule has 2 aromatic rings. The Morgan fingerprint density at radius 2 is 2.05 bits per heavy atom. The third kappa shape index (κ3) is 2.70. The van der Waals surface area contributed by atoms with Gasteiger partial charge in [0.1, 0.15) is 23.3 Å². The zero-order chi connectivity index (χ0) is 14.0. The smallest absolute Gasteiger partial charge is 0.151 e. The molecule has 0 spiro atoms. The Morgan fingerprint density at radius 3 is 2.74 bits per heavy atom. The van der Waals surface area contributed by atoms with Crippen LogP contribution in [0.4, 0.5) is 21.7 Å². The van der Waals surface area contributed by atoms with Crippen LogP contribution in [-0.4, -0.2) is 4.98 Å². The van der Waals surface area contributed by atoms with E-state index in [4.69, 9.17) is 34.2 Å². The van der Waals surface area contributed by atoms with E-state index in [1.807, 2.05) is 0 Å². The maximum absolute atomic E-state index is 13.4. The quantitative estimate of drug-likeness (QED) is 0.885. The molecule has 0 amide bonds. The van der Waals surface area contributed by atoms with Crippen LogP contribution in [0.15, 0.2) is 24.3 Å². The molecule has 0 atom stereocenters. The Bertz CT molecular complexity index is 682. The number of anilines is 3. The molecule has 3 N–H and O–H groups in total. The largest absolute Gasteiger partial charge is 0.382 e. The summed E-state index contributed by atoms with van der Waals surface area (Å²) >= 11 is 11.7. The SMILES string of the molecule is N#Cc1c(F)cccc1Nc1nc(N)c(Cl)cc1Cl. The standard InChI is InChI=1S/C12H7Cl2FN4/c13-7-4-8(14)12(19-11(7)17)18-10-3-1-2-9(15)6(10)5-16/h1-4H,(H3,17,18,19). The van der Waals surface area contributed by atoms with Crippen molar-refractivity contribution in [2.75, 3.05) is 11.1 Å². The number of aromatic nitrogens is 1. The predicted octanol–water partition coefficient (Wildman–Crippen LogP) is 3.72. The summed E-state index contributed by atoms with van der Waals surface area (Å²) in [6.45, 7) is 0. The molecule has 0 saturated heterocycles. The second kappa shape index (κ2) is 5.31. The van der Waals surface area contributed by atoms with E-state index in [1.165, 1.54) is 24.3 Å². The number of halogens is 3. The minimum atomic E-state index is -0.634. The van der Waals surface area contributed by atoms with Crippen LogP contribution in [0.5, 0.6) is 0 Å². The van der Waals surface area contributed by atoms with Gasteiger partial charge in [-0.25, -0.2) is 9.37 Å². The molecule has 1 heterocycles. The summed E-state index contributed by atoms with van der Waals surface area (Å²) in [7, 11) is 0. The highest BCUT2D eigenvalue weighted by atomic mass is 35.5. The van der Waals surface area contributed by atoms with E-state index in [2.05, 4.69) is 10.3 Å². The lowest BCUT2D eigenvalue weighted by atomic mass is 10.2. The number of nitrogen functional groups attached to an aromatic ring is 1. The minimum absolute atomic E-state index is 0.0866. The number of nitrogens with two attached hydrogens (primary N) is 1. The lowest BCUT2D eigenvalue weighted by molar-refractivity contribution is 0.624. The Labute approximate surface area is 118 Å². The van der Waals surface area contributed by atoms with Crippen molar-refractivity contribution in [1.29, 1.82) is 5.26 Å².